The standard InChI is InChI=1S/C11H12ClN3O3/c1-5(11(17)18-2)8-10(16)13-6-3-4-7(12)14-9(6)15-8/h3-5,8H,1-2H3,(H,13,16)(H,14,15)/t5-,8-/m0/s1. The molecule has 2 rings (SSSR count). The lowest BCUT2D eigenvalue weighted by Gasteiger charge is -2.28. The van der Waals surface area contributed by atoms with Crippen LogP contribution in [-0.4, -0.2) is 30.0 Å². The first-order valence-corrected chi connectivity index (χ1v) is 5.72. The number of amides is 1. The molecule has 2 atom stereocenters. The fraction of sp³-hybridized carbons (Fsp3) is 0.364. The highest BCUT2D eigenvalue weighted by Crippen LogP contribution is 2.28. The van der Waals surface area contributed by atoms with Gasteiger partial charge in [-0.1, -0.05) is 11.6 Å². The van der Waals surface area contributed by atoms with Crippen LogP contribution in [0.1, 0.15) is 6.92 Å². The molecule has 2 N–H and O–H groups in total. The fourth-order valence-corrected chi connectivity index (χ4v) is 1.89. The van der Waals surface area contributed by atoms with Crippen LogP contribution >= 0.6 is 11.6 Å². The van der Waals surface area contributed by atoms with Gasteiger partial charge in [0, 0.05) is 0 Å². The molecule has 6 nitrogen and oxygen atoms in total. The van der Waals surface area contributed by atoms with Gasteiger partial charge in [0.1, 0.15) is 11.2 Å². The predicted octanol–water partition coefficient (Wildman–Crippen LogP) is 1.28. The number of anilines is 2. The molecule has 0 aliphatic carbocycles. The monoisotopic (exact) mass is 269 g/mol. The summed E-state index contributed by atoms with van der Waals surface area (Å²) in [5.41, 5.74) is 0.540. The molecular weight excluding hydrogens is 258 g/mol. The van der Waals surface area contributed by atoms with Crippen LogP contribution in [0.5, 0.6) is 0 Å². The molecular formula is C11H12ClN3O3. The Hall–Kier alpha value is -1.82. The molecule has 1 aromatic rings. The molecule has 0 bridgehead atoms. The number of aromatic nitrogens is 1. The minimum atomic E-state index is -0.726. The highest BCUT2D eigenvalue weighted by atomic mass is 35.5. The molecule has 0 radical (unpaired) electrons. The Bertz CT molecular complexity index is 506. The van der Waals surface area contributed by atoms with E-state index < -0.39 is 17.9 Å². The summed E-state index contributed by atoms with van der Waals surface area (Å²) in [7, 11) is 1.28. The normalized spacial score (nSPS) is 19.3. The molecule has 1 aromatic heterocycles. The molecule has 0 spiro atoms. The van der Waals surface area contributed by atoms with Crippen molar-refractivity contribution >= 4 is 35.0 Å². The Morgan fingerprint density at radius 2 is 2.28 bits per heavy atom. The quantitative estimate of drug-likeness (QED) is 0.624. The van der Waals surface area contributed by atoms with E-state index in [-0.39, 0.29) is 5.91 Å². The molecule has 2 heterocycles. The first-order valence-electron chi connectivity index (χ1n) is 5.34. The highest BCUT2D eigenvalue weighted by molar-refractivity contribution is 6.29. The highest BCUT2D eigenvalue weighted by Gasteiger charge is 2.35. The second kappa shape index (κ2) is 4.81. The summed E-state index contributed by atoms with van der Waals surface area (Å²) in [5, 5.41) is 5.87. The number of halogens is 1. The van der Waals surface area contributed by atoms with Gasteiger partial charge in [-0.2, -0.15) is 0 Å². The lowest BCUT2D eigenvalue weighted by atomic mass is 9.99. The summed E-state index contributed by atoms with van der Waals surface area (Å²) >= 11 is 5.77. The Balaban J connectivity index is 2.27. The molecule has 1 aliphatic heterocycles. The van der Waals surface area contributed by atoms with Gasteiger partial charge in [0.15, 0.2) is 5.82 Å². The molecule has 0 unspecified atom stereocenters. The van der Waals surface area contributed by atoms with Crippen molar-refractivity contribution in [3.8, 4) is 0 Å². The average molecular weight is 270 g/mol. The lowest BCUT2D eigenvalue weighted by Crippen LogP contribution is -2.46. The van der Waals surface area contributed by atoms with Crippen molar-refractivity contribution in [2.45, 2.75) is 13.0 Å². The van der Waals surface area contributed by atoms with Crippen molar-refractivity contribution in [3.05, 3.63) is 17.3 Å². The first-order chi connectivity index (χ1) is 8.52. The largest absolute Gasteiger partial charge is 0.469 e. The van der Waals surface area contributed by atoms with Gasteiger partial charge < -0.3 is 15.4 Å². The van der Waals surface area contributed by atoms with Gasteiger partial charge in [0.05, 0.1) is 18.7 Å². The van der Waals surface area contributed by atoms with E-state index in [0.717, 1.165) is 0 Å². The van der Waals surface area contributed by atoms with Crippen molar-refractivity contribution in [3.63, 3.8) is 0 Å². The number of esters is 1. The molecule has 1 amide bonds. The van der Waals surface area contributed by atoms with Gasteiger partial charge >= 0.3 is 5.97 Å². The zero-order chi connectivity index (χ0) is 13.3. The zero-order valence-corrected chi connectivity index (χ0v) is 10.6. The minimum absolute atomic E-state index is 0.301. The number of methoxy groups -OCH3 is 1. The van der Waals surface area contributed by atoms with E-state index in [1.807, 2.05) is 0 Å². The third kappa shape index (κ3) is 2.24. The number of ether oxygens (including phenoxy) is 1. The Morgan fingerprint density at radius 3 is 2.94 bits per heavy atom. The maximum absolute atomic E-state index is 11.9. The van der Waals surface area contributed by atoms with Gasteiger partial charge in [-0.25, -0.2) is 4.98 Å². The third-order valence-electron chi connectivity index (χ3n) is 2.77. The van der Waals surface area contributed by atoms with Crippen LogP contribution in [0.15, 0.2) is 12.1 Å². The molecule has 0 aromatic carbocycles. The molecule has 96 valence electrons. The minimum Gasteiger partial charge on any atom is -0.469 e. The number of rotatable bonds is 2. The number of carbonyl (C=O) groups excluding carboxylic acids is 2. The summed E-state index contributed by atoms with van der Waals surface area (Å²) < 4.78 is 4.62. The summed E-state index contributed by atoms with van der Waals surface area (Å²) in [6, 6.07) is 2.50. The predicted molar refractivity (Wildman–Crippen MR) is 66.5 cm³/mol. The second-order valence-electron chi connectivity index (χ2n) is 3.95. The van der Waals surface area contributed by atoms with Gasteiger partial charge in [-0.15, -0.1) is 0 Å². The summed E-state index contributed by atoms with van der Waals surface area (Å²) in [6.45, 7) is 1.61. The number of fused-ring (bicyclic) bond motifs is 1. The van der Waals surface area contributed by atoms with Crippen LogP contribution in [0.3, 0.4) is 0 Å². The maximum atomic E-state index is 11.9. The van der Waals surface area contributed by atoms with Crippen LogP contribution in [0.25, 0.3) is 0 Å². The fourth-order valence-electron chi connectivity index (χ4n) is 1.74. The van der Waals surface area contributed by atoms with Crippen molar-refractivity contribution in [2.24, 2.45) is 5.92 Å². The van der Waals surface area contributed by atoms with Gasteiger partial charge in [0.2, 0.25) is 5.91 Å². The number of hydrogen-bond acceptors (Lipinski definition) is 5. The number of carbonyl (C=O) groups is 2. The number of pyridine rings is 1. The van der Waals surface area contributed by atoms with Crippen LogP contribution in [0, 0.1) is 5.92 Å². The van der Waals surface area contributed by atoms with Gasteiger partial charge in [-0.3, -0.25) is 9.59 Å². The molecule has 1 aliphatic rings. The van der Waals surface area contributed by atoms with Crippen LogP contribution < -0.4 is 10.6 Å². The number of nitrogens with zero attached hydrogens (tertiary/aromatic N) is 1. The Morgan fingerprint density at radius 1 is 1.56 bits per heavy atom. The van der Waals surface area contributed by atoms with Crippen molar-refractivity contribution in [1.29, 1.82) is 0 Å². The molecule has 0 saturated heterocycles. The Kier molecular flexibility index (Phi) is 3.38. The van der Waals surface area contributed by atoms with E-state index in [1.165, 1.54) is 7.11 Å². The van der Waals surface area contributed by atoms with Gasteiger partial charge in [0.25, 0.3) is 0 Å². The van der Waals surface area contributed by atoms with E-state index in [1.54, 1.807) is 19.1 Å². The van der Waals surface area contributed by atoms with E-state index in [4.69, 9.17) is 11.6 Å². The summed E-state index contributed by atoms with van der Waals surface area (Å²) in [5.74, 6) is -0.940. The summed E-state index contributed by atoms with van der Waals surface area (Å²) in [6.07, 6.45) is 0. The number of hydrogen-bond donors (Lipinski definition) is 2. The second-order valence-corrected chi connectivity index (χ2v) is 4.34. The molecule has 7 heteroatoms. The van der Waals surface area contributed by atoms with Crippen LogP contribution in [-0.2, 0) is 14.3 Å². The van der Waals surface area contributed by atoms with E-state index in [2.05, 4.69) is 20.4 Å². The van der Waals surface area contributed by atoms with Crippen molar-refractivity contribution in [1.82, 2.24) is 4.98 Å². The van der Waals surface area contributed by atoms with Crippen LogP contribution in [0.4, 0.5) is 11.5 Å². The summed E-state index contributed by atoms with van der Waals surface area (Å²) in [4.78, 5) is 27.4. The average Bonchev–Trinajstić information content (AvgIpc) is 2.36. The SMILES string of the molecule is COC(=O)[C@@H](C)[C@@H]1Nc2nc(Cl)ccc2NC1=O. The first kappa shape index (κ1) is 12.6. The third-order valence-corrected chi connectivity index (χ3v) is 2.98. The van der Waals surface area contributed by atoms with Crippen LogP contribution in [0.2, 0.25) is 5.15 Å². The van der Waals surface area contributed by atoms with E-state index >= 15 is 0 Å². The van der Waals surface area contributed by atoms with Gasteiger partial charge in [-0.05, 0) is 19.1 Å². The molecule has 0 fully saturated rings. The maximum Gasteiger partial charge on any atom is 0.311 e. The smallest absolute Gasteiger partial charge is 0.311 e. The van der Waals surface area contributed by atoms with E-state index in [0.29, 0.717) is 16.7 Å². The molecule has 18 heavy (non-hydrogen) atoms. The zero-order valence-electron chi connectivity index (χ0n) is 9.86. The lowest BCUT2D eigenvalue weighted by molar-refractivity contribution is -0.146. The topological polar surface area (TPSA) is 80.3 Å². The molecule has 0 saturated carbocycles. The Labute approximate surface area is 109 Å². The van der Waals surface area contributed by atoms with E-state index in [9.17, 15) is 9.59 Å². The van der Waals surface area contributed by atoms with Crippen molar-refractivity contribution in [2.75, 3.05) is 17.7 Å². The number of nitrogens with one attached hydrogen (secondary N) is 2. The van der Waals surface area contributed by atoms with Crippen molar-refractivity contribution < 1.29 is 14.3 Å².